The summed E-state index contributed by atoms with van der Waals surface area (Å²) in [5, 5.41) is 0.551. The van der Waals surface area contributed by atoms with Crippen LogP contribution < -0.4 is 9.47 Å². The summed E-state index contributed by atoms with van der Waals surface area (Å²) in [7, 11) is 0. The zero-order chi connectivity index (χ0) is 23.8. The van der Waals surface area contributed by atoms with Crippen molar-refractivity contribution in [1.29, 1.82) is 0 Å². The first-order valence-electron chi connectivity index (χ1n) is 11.5. The Balaban J connectivity index is 1.01. The van der Waals surface area contributed by atoms with E-state index in [2.05, 4.69) is 20.9 Å². The topological polar surface area (TPSA) is 94.1 Å². The third-order valence-corrected chi connectivity index (χ3v) is 6.93. The van der Waals surface area contributed by atoms with E-state index in [-0.39, 0.29) is 12.7 Å². The van der Waals surface area contributed by atoms with E-state index < -0.39 is 0 Å². The van der Waals surface area contributed by atoms with Crippen molar-refractivity contribution in [2.45, 2.75) is 24.4 Å². The van der Waals surface area contributed by atoms with Crippen LogP contribution in [0.5, 0.6) is 11.5 Å². The normalized spacial score (nSPS) is 15.7. The van der Waals surface area contributed by atoms with Gasteiger partial charge in [0.15, 0.2) is 22.8 Å². The number of benzene rings is 2. The minimum absolute atomic E-state index is 0.106. The molecule has 0 atom stereocenters. The molecule has 9 nitrogen and oxygen atoms in total. The van der Waals surface area contributed by atoms with Crippen LogP contribution in [0.2, 0.25) is 0 Å². The maximum atomic E-state index is 12.9. The second-order valence-electron chi connectivity index (χ2n) is 8.62. The second kappa shape index (κ2) is 9.27. The molecule has 6 rings (SSSR count). The van der Waals surface area contributed by atoms with Crippen LogP contribution in [0, 0.1) is 6.92 Å². The molecule has 0 N–H and O–H groups in total. The molecule has 10 heteroatoms. The summed E-state index contributed by atoms with van der Waals surface area (Å²) in [6, 6.07) is 11.9. The Bertz CT molecular complexity index is 1380. The summed E-state index contributed by atoms with van der Waals surface area (Å²) >= 11 is 1.39. The fourth-order valence-corrected chi connectivity index (χ4v) is 4.94. The van der Waals surface area contributed by atoms with E-state index in [0.29, 0.717) is 35.6 Å². The average molecular weight is 493 g/mol. The number of nitrogens with zero attached hydrogens (tertiary/aromatic N) is 4. The van der Waals surface area contributed by atoms with Crippen molar-refractivity contribution < 1.29 is 23.1 Å². The third kappa shape index (κ3) is 4.71. The van der Waals surface area contributed by atoms with Gasteiger partial charge in [0, 0.05) is 32.7 Å². The molecule has 0 bridgehead atoms. The van der Waals surface area contributed by atoms with Crippen molar-refractivity contribution in [3.05, 3.63) is 65.4 Å². The molecule has 2 aliphatic heterocycles. The maximum Gasteiger partial charge on any atom is 0.275 e. The standard InChI is InChI=1S/C25H24N4O5S/c1-16-2-4-20-18(10-16)27-25(34-20)35-14-23-26-19(13-31-23)24(30)29-8-6-28(7-9-29)12-17-3-5-21-22(11-17)33-15-32-21/h2-5,10-11,13H,6-9,12,14-15H2,1H3. The summed E-state index contributed by atoms with van der Waals surface area (Å²) in [5.74, 6) is 2.38. The van der Waals surface area contributed by atoms with Gasteiger partial charge >= 0.3 is 0 Å². The fraction of sp³-hybridized carbons (Fsp3) is 0.320. The number of hydrogen-bond acceptors (Lipinski definition) is 9. The van der Waals surface area contributed by atoms with Crippen LogP contribution in [0.15, 0.2) is 56.7 Å². The van der Waals surface area contributed by atoms with Crippen molar-refractivity contribution in [2.75, 3.05) is 33.0 Å². The molecular formula is C25H24N4O5S. The Morgan fingerprint density at radius 3 is 2.77 bits per heavy atom. The smallest absolute Gasteiger partial charge is 0.275 e. The number of fused-ring (bicyclic) bond motifs is 2. The summed E-state index contributed by atoms with van der Waals surface area (Å²) in [6.07, 6.45) is 1.44. The first-order chi connectivity index (χ1) is 17.1. The molecule has 0 aliphatic carbocycles. The number of aromatic nitrogens is 2. The van der Waals surface area contributed by atoms with E-state index in [9.17, 15) is 4.79 Å². The van der Waals surface area contributed by atoms with Crippen LogP contribution in [0.3, 0.4) is 0 Å². The van der Waals surface area contributed by atoms with Gasteiger partial charge in [-0.2, -0.15) is 0 Å². The van der Waals surface area contributed by atoms with Gasteiger partial charge in [-0.25, -0.2) is 9.97 Å². The van der Waals surface area contributed by atoms with Crippen molar-refractivity contribution in [3.8, 4) is 11.5 Å². The molecule has 0 spiro atoms. The molecule has 1 fully saturated rings. The highest BCUT2D eigenvalue weighted by Gasteiger charge is 2.25. The quantitative estimate of drug-likeness (QED) is 0.369. The SMILES string of the molecule is Cc1ccc2oc(SCc3nc(C(=O)N4CCN(Cc5ccc6c(c5)OCO6)CC4)co3)nc2c1. The lowest BCUT2D eigenvalue weighted by Gasteiger charge is -2.34. The molecule has 1 saturated heterocycles. The van der Waals surface area contributed by atoms with Crippen LogP contribution >= 0.6 is 11.8 Å². The van der Waals surface area contributed by atoms with Gasteiger partial charge in [-0.3, -0.25) is 9.69 Å². The number of aryl methyl sites for hydroxylation is 1. The molecule has 0 saturated carbocycles. The van der Waals surface area contributed by atoms with Crippen molar-refractivity contribution >= 4 is 28.8 Å². The van der Waals surface area contributed by atoms with Gasteiger partial charge in [0.2, 0.25) is 12.7 Å². The molecule has 35 heavy (non-hydrogen) atoms. The molecule has 0 unspecified atom stereocenters. The molecule has 2 aromatic carbocycles. The first-order valence-corrected chi connectivity index (χ1v) is 12.4. The van der Waals surface area contributed by atoms with Crippen LogP contribution in [0.1, 0.15) is 27.5 Å². The highest BCUT2D eigenvalue weighted by Crippen LogP contribution is 2.33. The van der Waals surface area contributed by atoms with Crippen LogP contribution in [-0.4, -0.2) is 58.6 Å². The summed E-state index contributed by atoms with van der Waals surface area (Å²) in [6.45, 7) is 5.96. The Morgan fingerprint density at radius 1 is 1.03 bits per heavy atom. The molecular weight excluding hydrogens is 468 g/mol. The number of piperazine rings is 1. The number of thioether (sulfide) groups is 1. The predicted molar refractivity (Wildman–Crippen MR) is 129 cm³/mol. The number of amides is 1. The van der Waals surface area contributed by atoms with E-state index in [1.165, 1.54) is 23.6 Å². The Labute approximate surface area is 206 Å². The third-order valence-electron chi connectivity index (χ3n) is 6.12. The molecule has 2 aliphatic rings. The number of oxazole rings is 2. The minimum atomic E-state index is -0.106. The highest BCUT2D eigenvalue weighted by molar-refractivity contribution is 7.98. The van der Waals surface area contributed by atoms with E-state index in [0.717, 1.165) is 47.8 Å². The molecule has 180 valence electrons. The van der Waals surface area contributed by atoms with Gasteiger partial charge in [-0.15, -0.1) is 0 Å². The molecule has 4 heterocycles. The number of rotatable bonds is 6. The van der Waals surface area contributed by atoms with E-state index in [1.807, 2.05) is 42.2 Å². The lowest BCUT2D eigenvalue weighted by atomic mass is 10.1. The van der Waals surface area contributed by atoms with Crippen LogP contribution in [0.4, 0.5) is 0 Å². The predicted octanol–water partition coefficient (Wildman–Crippen LogP) is 4.10. The number of ether oxygens (including phenoxy) is 2. The zero-order valence-corrected chi connectivity index (χ0v) is 20.0. The minimum Gasteiger partial charge on any atom is -0.454 e. The van der Waals surface area contributed by atoms with E-state index in [4.69, 9.17) is 18.3 Å². The van der Waals surface area contributed by atoms with Gasteiger partial charge < -0.3 is 23.2 Å². The average Bonchev–Trinajstić information content (AvgIpc) is 3.61. The largest absolute Gasteiger partial charge is 0.454 e. The lowest BCUT2D eigenvalue weighted by molar-refractivity contribution is 0.0622. The lowest BCUT2D eigenvalue weighted by Crippen LogP contribution is -2.48. The number of carbonyl (C=O) groups excluding carboxylic acids is 1. The summed E-state index contributed by atoms with van der Waals surface area (Å²) in [5.41, 5.74) is 4.21. The van der Waals surface area contributed by atoms with Crippen LogP contribution in [-0.2, 0) is 12.3 Å². The monoisotopic (exact) mass is 492 g/mol. The second-order valence-corrected chi connectivity index (χ2v) is 9.55. The Morgan fingerprint density at radius 2 is 1.89 bits per heavy atom. The zero-order valence-electron chi connectivity index (χ0n) is 19.2. The Hall–Kier alpha value is -3.50. The van der Waals surface area contributed by atoms with Gasteiger partial charge in [0.1, 0.15) is 11.8 Å². The maximum absolute atomic E-state index is 12.9. The van der Waals surface area contributed by atoms with E-state index >= 15 is 0 Å². The summed E-state index contributed by atoms with van der Waals surface area (Å²) < 4.78 is 22.2. The van der Waals surface area contributed by atoms with Gasteiger partial charge in [0.05, 0.1) is 5.75 Å². The van der Waals surface area contributed by atoms with Gasteiger partial charge in [0.25, 0.3) is 11.1 Å². The summed E-state index contributed by atoms with van der Waals surface area (Å²) in [4.78, 5) is 26.0. The van der Waals surface area contributed by atoms with Crippen molar-refractivity contribution in [1.82, 2.24) is 19.8 Å². The highest BCUT2D eigenvalue weighted by atomic mass is 32.2. The number of hydrogen-bond donors (Lipinski definition) is 0. The molecule has 1 amide bonds. The van der Waals surface area contributed by atoms with E-state index in [1.54, 1.807) is 0 Å². The number of carbonyl (C=O) groups is 1. The van der Waals surface area contributed by atoms with Gasteiger partial charge in [-0.1, -0.05) is 23.9 Å². The van der Waals surface area contributed by atoms with Gasteiger partial charge in [-0.05, 0) is 42.3 Å². The molecule has 4 aromatic rings. The first kappa shape index (κ1) is 22.0. The fourth-order valence-electron chi connectivity index (χ4n) is 4.25. The molecule has 2 aromatic heterocycles. The van der Waals surface area contributed by atoms with Crippen LogP contribution in [0.25, 0.3) is 11.1 Å². The Kier molecular flexibility index (Phi) is 5.83. The van der Waals surface area contributed by atoms with Crippen molar-refractivity contribution in [2.24, 2.45) is 0 Å². The van der Waals surface area contributed by atoms with Crippen molar-refractivity contribution in [3.63, 3.8) is 0 Å². The molecule has 0 radical (unpaired) electrons.